The summed E-state index contributed by atoms with van der Waals surface area (Å²) >= 11 is 0. The topological polar surface area (TPSA) is 93.0 Å². The molecule has 1 N–H and O–H groups in total. The summed E-state index contributed by atoms with van der Waals surface area (Å²) in [6, 6.07) is 8.73. The van der Waals surface area contributed by atoms with Crippen molar-refractivity contribution in [3.05, 3.63) is 59.7 Å². The van der Waals surface area contributed by atoms with Crippen LogP contribution in [-0.4, -0.2) is 45.6 Å². The predicted molar refractivity (Wildman–Crippen MR) is 112 cm³/mol. The van der Waals surface area contributed by atoms with Crippen LogP contribution in [0.25, 0.3) is 5.82 Å². The molecule has 3 rings (SSSR count). The van der Waals surface area contributed by atoms with E-state index in [0.717, 1.165) is 17.0 Å². The van der Waals surface area contributed by atoms with Crippen LogP contribution in [0.1, 0.15) is 30.8 Å². The van der Waals surface area contributed by atoms with Crippen LogP contribution >= 0.6 is 0 Å². The number of aromatic nitrogens is 4. The molecule has 8 nitrogen and oxygen atoms in total. The molecule has 0 aliphatic rings. The van der Waals surface area contributed by atoms with Gasteiger partial charge in [-0.3, -0.25) is 4.98 Å². The summed E-state index contributed by atoms with van der Waals surface area (Å²) in [7, 11) is -1.89. The van der Waals surface area contributed by atoms with Crippen molar-refractivity contribution in [3.63, 3.8) is 0 Å². The third-order valence-electron chi connectivity index (χ3n) is 4.65. The van der Waals surface area contributed by atoms with E-state index in [4.69, 9.17) is 0 Å². The minimum atomic E-state index is -3.48. The Morgan fingerprint density at radius 2 is 1.83 bits per heavy atom. The van der Waals surface area contributed by atoms with E-state index in [1.807, 2.05) is 33.8 Å². The van der Waals surface area contributed by atoms with E-state index in [0.29, 0.717) is 18.2 Å². The largest absolute Gasteiger partial charge is 0.365 e. The van der Waals surface area contributed by atoms with Gasteiger partial charge in [0.05, 0.1) is 23.0 Å². The first-order valence-corrected chi connectivity index (χ1v) is 10.8. The van der Waals surface area contributed by atoms with Crippen molar-refractivity contribution < 1.29 is 8.42 Å². The Bertz CT molecular complexity index is 1090. The number of hydrogen-bond donors (Lipinski definition) is 1. The summed E-state index contributed by atoms with van der Waals surface area (Å²) < 4.78 is 28.2. The molecule has 0 aliphatic carbocycles. The van der Waals surface area contributed by atoms with Gasteiger partial charge >= 0.3 is 0 Å². The zero-order chi connectivity index (χ0) is 21.2. The fraction of sp³-hybridized carbons (Fsp3) is 0.350. The number of sulfonamides is 1. The van der Waals surface area contributed by atoms with Gasteiger partial charge in [0, 0.05) is 25.3 Å². The maximum atomic E-state index is 12.5. The first kappa shape index (κ1) is 20.9. The van der Waals surface area contributed by atoms with Gasteiger partial charge in [-0.15, -0.1) is 0 Å². The first-order valence-electron chi connectivity index (χ1n) is 9.35. The highest BCUT2D eigenvalue weighted by atomic mass is 32.2. The minimum Gasteiger partial charge on any atom is -0.365 e. The maximum absolute atomic E-state index is 12.5. The van der Waals surface area contributed by atoms with Crippen LogP contribution in [0.4, 0.5) is 5.82 Å². The predicted octanol–water partition coefficient (Wildman–Crippen LogP) is 2.92. The Balaban J connectivity index is 1.71. The maximum Gasteiger partial charge on any atom is 0.243 e. The average Bonchev–Trinajstić information content (AvgIpc) is 3.04. The van der Waals surface area contributed by atoms with Crippen molar-refractivity contribution in [3.8, 4) is 5.82 Å². The molecule has 0 spiro atoms. The van der Waals surface area contributed by atoms with Crippen molar-refractivity contribution in [1.82, 2.24) is 24.1 Å². The van der Waals surface area contributed by atoms with Gasteiger partial charge in [0.25, 0.3) is 0 Å². The number of nitrogens with one attached hydrogen (secondary N) is 1. The lowest BCUT2D eigenvalue weighted by atomic mass is 10.2. The number of aryl methyl sites for hydroxylation is 2. The zero-order valence-electron chi connectivity index (χ0n) is 17.3. The second-order valence-electron chi connectivity index (χ2n) is 7.21. The van der Waals surface area contributed by atoms with Gasteiger partial charge in [-0.1, -0.05) is 12.1 Å². The Labute approximate surface area is 171 Å². The molecule has 2 aromatic heterocycles. The van der Waals surface area contributed by atoms with Crippen molar-refractivity contribution in [2.24, 2.45) is 0 Å². The van der Waals surface area contributed by atoms with Crippen molar-refractivity contribution in [1.29, 1.82) is 0 Å². The third kappa shape index (κ3) is 4.63. The van der Waals surface area contributed by atoms with E-state index in [-0.39, 0.29) is 10.9 Å². The first-order chi connectivity index (χ1) is 13.7. The standard InChI is InChI=1S/C20H26N6O2S/c1-14(2)25(5)29(27,28)18-8-6-17(7-9-18)11-22-19-12-21-13-20(23-19)26-16(4)10-15(3)24-26/h6-10,12-14H,11H2,1-5H3,(H,22,23). The summed E-state index contributed by atoms with van der Waals surface area (Å²) in [6.07, 6.45) is 3.31. The normalized spacial score (nSPS) is 12.0. The number of anilines is 1. The molecule has 0 aliphatic heterocycles. The van der Waals surface area contributed by atoms with Crippen LogP contribution in [0.5, 0.6) is 0 Å². The molecule has 0 saturated heterocycles. The van der Waals surface area contributed by atoms with Crippen LogP contribution in [0.15, 0.2) is 47.6 Å². The van der Waals surface area contributed by atoms with E-state index in [1.54, 1.807) is 48.4 Å². The van der Waals surface area contributed by atoms with Gasteiger partial charge in [-0.2, -0.15) is 9.40 Å². The number of benzene rings is 1. The quantitative estimate of drug-likeness (QED) is 0.639. The highest BCUT2D eigenvalue weighted by Crippen LogP contribution is 2.18. The molecular formula is C20H26N6O2S. The van der Waals surface area contributed by atoms with Gasteiger partial charge in [-0.05, 0) is 51.5 Å². The van der Waals surface area contributed by atoms with Crippen LogP contribution in [0.3, 0.4) is 0 Å². The van der Waals surface area contributed by atoms with Gasteiger partial charge in [0.1, 0.15) is 5.82 Å². The molecule has 0 amide bonds. The van der Waals surface area contributed by atoms with Crippen molar-refractivity contribution in [2.75, 3.05) is 12.4 Å². The van der Waals surface area contributed by atoms with Crippen LogP contribution < -0.4 is 5.32 Å². The third-order valence-corrected chi connectivity index (χ3v) is 6.70. The van der Waals surface area contributed by atoms with Gasteiger partial charge in [0.2, 0.25) is 10.0 Å². The SMILES string of the molecule is Cc1cc(C)n(-c2cncc(NCc3ccc(S(=O)(=O)N(C)C(C)C)cc3)n2)n1. The second-order valence-corrected chi connectivity index (χ2v) is 9.21. The van der Waals surface area contributed by atoms with Crippen LogP contribution in [0, 0.1) is 13.8 Å². The lowest BCUT2D eigenvalue weighted by Crippen LogP contribution is -2.33. The van der Waals surface area contributed by atoms with E-state index < -0.39 is 10.0 Å². The zero-order valence-corrected chi connectivity index (χ0v) is 18.1. The van der Waals surface area contributed by atoms with E-state index in [9.17, 15) is 8.42 Å². The molecule has 2 heterocycles. The van der Waals surface area contributed by atoms with E-state index in [1.165, 1.54) is 4.31 Å². The monoisotopic (exact) mass is 414 g/mol. The molecule has 0 bridgehead atoms. The summed E-state index contributed by atoms with van der Waals surface area (Å²) in [5, 5.41) is 7.65. The summed E-state index contributed by atoms with van der Waals surface area (Å²) in [5.74, 6) is 1.25. The molecule has 154 valence electrons. The smallest absolute Gasteiger partial charge is 0.243 e. The molecule has 0 saturated carbocycles. The van der Waals surface area contributed by atoms with Crippen LogP contribution in [0.2, 0.25) is 0 Å². The molecular weight excluding hydrogens is 388 g/mol. The fourth-order valence-electron chi connectivity index (χ4n) is 2.82. The molecule has 1 aromatic carbocycles. The Kier molecular flexibility index (Phi) is 5.99. The average molecular weight is 415 g/mol. The highest BCUT2D eigenvalue weighted by Gasteiger charge is 2.22. The summed E-state index contributed by atoms with van der Waals surface area (Å²) in [5.41, 5.74) is 2.84. The Morgan fingerprint density at radius 1 is 1.14 bits per heavy atom. The lowest BCUT2D eigenvalue weighted by molar-refractivity contribution is 0.410. The molecule has 29 heavy (non-hydrogen) atoms. The van der Waals surface area contributed by atoms with Gasteiger partial charge < -0.3 is 5.32 Å². The molecule has 0 fully saturated rings. The molecule has 0 atom stereocenters. The fourth-order valence-corrected chi connectivity index (χ4v) is 4.19. The number of nitrogens with zero attached hydrogens (tertiary/aromatic N) is 5. The second kappa shape index (κ2) is 8.30. The molecule has 9 heteroatoms. The van der Waals surface area contributed by atoms with Crippen LogP contribution in [-0.2, 0) is 16.6 Å². The molecule has 0 unspecified atom stereocenters. The lowest BCUT2D eigenvalue weighted by Gasteiger charge is -2.21. The van der Waals surface area contributed by atoms with Crippen molar-refractivity contribution in [2.45, 2.75) is 45.2 Å². The summed E-state index contributed by atoms with van der Waals surface area (Å²) in [4.78, 5) is 9.07. The summed E-state index contributed by atoms with van der Waals surface area (Å²) in [6.45, 7) is 8.08. The Hall–Kier alpha value is -2.78. The van der Waals surface area contributed by atoms with Gasteiger partial charge in [0.15, 0.2) is 5.82 Å². The molecule has 0 radical (unpaired) electrons. The number of hydrogen-bond acceptors (Lipinski definition) is 6. The minimum absolute atomic E-state index is 0.102. The Morgan fingerprint density at radius 3 is 2.41 bits per heavy atom. The van der Waals surface area contributed by atoms with E-state index in [2.05, 4.69) is 20.4 Å². The number of rotatable bonds is 7. The highest BCUT2D eigenvalue weighted by molar-refractivity contribution is 7.89. The van der Waals surface area contributed by atoms with Crippen molar-refractivity contribution >= 4 is 15.8 Å². The van der Waals surface area contributed by atoms with E-state index >= 15 is 0 Å². The van der Waals surface area contributed by atoms with Gasteiger partial charge in [-0.25, -0.2) is 18.1 Å². The molecule has 3 aromatic rings.